The lowest BCUT2D eigenvalue weighted by Crippen LogP contribution is -2.36. The van der Waals surface area contributed by atoms with Crippen LogP contribution >= 0.6 is 0 Å². The number of aliphatic imine (C=N–C) groups is 1. The molecule has 3 nitrogen and oxygen atoms in total. The second kappa shape index (κ2) is 5.57. The summed E-state index contributed by atoms with van der Waals surface area (Å²) in [5, 5.41) is 12.2. The van der Waals surface area contributed by atoms with Gasteiger partial charge in [-0.15, -0.1) is 0 Å². The van der Waals surface area contributed by atoms with Crippen LogP contribution in [0.2, 0.25) is 0 Å². The highest BCUT2D eigenvalue weighted by molar-refractivity contribution is 5.90. The summed E-state index contributed by atoms with van der Waals surface area (Å²) in [6, 6.07) is 15.1. The fourth-order valence-corrected chi connectivity index (χ4v) is 1.91. The van der Waals surface area contributed by atoms with Crippen molar-refractivity contribution in [1.82, 2.24) is 0 Å². The molecule has 0 atom stereocenters. The number of anilines is 1. The van der Waals surface area contributed by atoms with Crippen LogP contribution in [0, 0.1) is 13.8 Å². The first-order valence-corrected chi connectivity index (χ1v) is 6.20. The standard InChI is InChI=1S/C16H18N2O/c1-12-8-7-9-13(2)15(12)17-16(19)18(3)14-10-5-4-6-11-14/h4-11H,1-3H3,(H,17,19)/p-1. The van der Waals surface area contributed by atoms with E-state index in [9.17, 15) is 5.11 Å². The Hall–Kier alpha value is -2.29. The normalized spacial score (nSPS) is 11.4. The molecule has 0 radical (unpaired) electrons. The molecule has 0 aliphatic carbocycles. The van der Waals surface area contributed by atoms with Gasteiger partial charge >= 0.3 is 0 Å². The van der Waals surface area contributed by atoms with E-state index in [0.29, 0.717) is 0 Å². The average Bonchev–Trinajstić information content (AvgIpc) is 2.43. The van der Waals surface area contributed by atoms with Crippen LogP contribution < -0.4 is 10.0 Å². The predicted molar refractivity (Wildman–Crippen MR) is 77.9 cm³/mol. The first-order valence-electron chi connectivity index (χ1n) is 6.20. The quantitative estimate of drug-likeness (QED) is 0.609. The van der Waals surface area contributed by atoms with Crippen molar-refractivity contribution < 1.29 is 5.11 Å². The van der Waals surface area contributed by atoms with Gasteiger partial charge in [0, 0.05) is 12.7 Å². The number of rotatable bonds is 2. The van der Waals surface area contributed by atoms with Crippen LogP contribution in [0.4, 0.5) is 11.4 Å². The Morgan fingerprint density at radius 1 is 0.947 bits per heavy atom. The molecule has 0 fully saturated rings. The molecule has 0 aromatic heterocycles. The zero-order chi connectivity index (χ0) is 13.8. The molecule has 2 rings (SSSR count). The topological polar surface area (TPSA) is 38.7 Å². The van der Waals surface area contributed by atoms with Crippen LogP contribution in [0.5, 0.6) is 0 Å². The molecule has 0 aliphatic heterocycles. The van der Waals surface area contributed by atoms with Gasteiger partial charge < -0.3 is 10.0 Å². The number of nitrogens with zero attached hydrogens (tertiary/aromatic N) is 2. The smallest absolute Gasteiger partial charge is 0.0698 e. The third-order valence-corrected chi connectivity index (χ3v) is 3.08. The van der Waals surface area contributed by atoms with Crippen molar-refractivity contribution >= 4 is 17.4 Å². The molecule has 0 amide bonds. The zero-order valence-corrected chi connectivity index (χ0v) is 11.4. The minimum atomic E-state index is -0.261. The van der Waals surface area contributed by atoms with Crippen LogP contribution in [-0.4, -0.2) is 13.1 Å². The van der Waals surface area contributed by atoms with Crippen molar-refractivity contribution in [3.05, 3.63) is 59.7 Å². The summed E-state index contributed by atoms with van der Waals surface area (Å²) in [5.41, 5.74) is 3.61. The monoisotopic (exact) mass is 253 g/mol. The second-order valence-electron chi connectivity index (χ2n) is 4.53. The summed E-state index contributed by atoms with van der Waals surface area (Å²) in [6.07, 6.45) is 0. The Balaban J connectivity index is 2.34. The Morgan fingerprint density at radius 3 is 2.11 bits per heavy atom. The van der Waals surface area contributed by atoms with Gasteiger partial charge in [0.1, 0.15) is 0 Å². The Kier molecular flexibility index (Phi) is 3.85. The Bertz CT molecular complexity index is 571. The van der Waals surface area contributed by atoms with E-state index in [4.69, 9.17) is 0 Å². The number of hydrogen-bond donors (Lipinski definition) is 0. The van der Waals surface area contributed by atoms with E-state index in [0.717, 1.165) is 22.5 Å². The predicted octanol–water partition coefficient (Wildman–Crippen LogP) is 2.79. The molecule has 2 aromatic carbocycles. The van der Waals surface area contributed by atoms with Crippen molar-refractivity contribution in [1.29, 1.82) is 0 Å². The van der Waals surface area contributed by atoms with Crippen molar-refractivity contribution in [3.8, 4) is 0 Å². The van der Waals surface area contributed by atoms with Crippen molar-refractivity contribution in [3.63, 3.8) is 0 Å². The molecule has 2 aromatic rings. The summed E-state index contributed by atoms with van der Waals surface area (Å²) in [7, 11) is 1.73. The van der Waals surface area contributed by atoms with E-state index in [2.05, 4.69) is 4.99 Å². The van der Waals surface area contributed by atoms with Gasteiger partial charge in [-0.2, -0.15) is 0 Å². The molecular formula is C16H17N2O-. The van der Waals surface area contributed by atoms with Crippen LogP contribution in [0.15, 0.2) is 53.5 Å². The van der Waals surface area contributed by atoms with E-state index in [1.54, 1.807) is 11.9 Å². The lowest BCUT2D eigenvalue weighted by molar-refractivity contribution is -0.217. The van der Waals surface area contributed by atoms with E-state index in [-0.39, 0.29) is 6.02 Å². The minimum absolute atomic E-state index is 0.261. The number of benzene rings is 2. The summed E-state index contributed by atoms with van der Waals surface area (Å²) >= 11 is 0. The molecule has 0 N–H and O–H groups in total. The third kappa shape index (κ3) is 2.94. The molecule has 19 heavy (non-hydrogen) atoms. The average molecular weight is 253 g/mol. The summed E-state index contributed by atoms with van der Waals surface area (Å²) < 4.78 is 0. The molecule has 0 bridgehead atoms. The van der Waals surface area contributed by atoms with Gasteiger partial charge in [-0.1, -0.05) is 36.4 Å². The first kappa shape index (κ1) is 13.1. The van der Waals surface area contributed by atoms with Gasteiger partial charge in [-0.3, -0.25) is 0 Å². The van der Waals surface area contributed by atoms with Gasteiger partial charge in [0.25, 0.3) is 0 Å². The largest absolute Gasteiger partial charge is 0.846 e. The molecule has 98 valence electrons. The van der Waals surface area contributed by atoms with Crippen LogP contribution in [-0.2, 0) is 0 Å². The number of hydrogen-bond acceptors (Lipinski definition) is 2. The summed E-state index contributed by atoms with van der Waals surface area (Å²) in [6.45, 7) is 3.92. The first-order chi connectivity index (χ1) is 9.09. The van der Waals surface area contributed by atoms with Gasteiger partial charge in [-0.05, 0) is 37.1 Å². The summed E-state index contributed by atoms with van der Waals surface area (Å²) in [5.74, 6) is 0. The van der Waals surface area contributed by atoms with E-state index in [1.807, 2.05) is 62.4 Å². The molecule has 0 saturated carbocycles. The lowest BCUT2D eigenvalue weighted by atomic mass is 10.1. The SMILES string of the molecule is Cc1cccc(C)c1N=C([O-])N(C)c1ccccc1. The Morgan fingerprint density at radius 2 is 1.53 bits per heavy atom. The van der Waals surface area contributed by atoms with Gasteiger partial charge in [0.05, 0.1) is 11.7 Å². The zero-order valence-electron chi connectivity index (χ0n) is 11.4. The number of para-hydroxylation sites is 2. The summed E-state index contributed by atoms with van der Waals surface area (Å²) in [4.78, 5) is 5.77. The molecule has 0 aliphatic rings. The Labute approximate surface area is 113 Å². The number of aryl methyl sites for hydroxylation is 2. The molecule has 0 heterocycles. The van der Waals surface area contributed by atoms with Crippen LogP contribution in [0.3, 0.4) is 0 Å². The van der Waals surface area contributed by atoms with Crippen LogP contribution in [0.1, 0.15) is 11.1 Å². The van der Waals surface area contributed by atoms with Gasteiger partial charge in [0.15, 0.2) is 0 Å². The van der Waals surface area contributed by atoms with Crippen molar-refractivity contribution in [2.24, 2.45) is 4.99 Å². The van der Waals surface area contributed by atoms with Crippen LogP contribution in [0.25, 0.3) is 0 Å². The highest BCUT2D eigenvalue weighted by Gasteiger charge is 2.03. The lowest BCUT2D eigenvalue weighted by Gasteiger charge is -2.25. The molecule has 3 heteroatoms. The van der Waals surface area contributed by atoms with Crippen molar-refractivity contribution in [2.75, 3.05) is 11.9 Å². The van der Waals surface area contributed by atoms with Crippen molar-refractivity contribution in [2.45, 2.75) is 13.8 Å². The van der Waals surface area contributed by atoms with E-state index in [1.165, 1.54) is 0 Å². The third-order valence-electron chi connectivity index (χ3n) is 3.08. The molecule has 0 saturated heterocycles. The highest BCUT2D eigenvalue weighted by atomic mass is 16.3. The van der Waals surface area contributed by atoms with E-state index < -0.39 is 0 Å². The highest BCUT2D eigenvalue weighted by Crippen LogP contribution is 2.23. The van der Waals surface area contributed by atoms with E-state index >= 15 is 0 Å². The molecule has 0 spiro atoms. The number of amidine groups is 1. The molecular weight excluding hydrogens is 236 g/mol. The fraction of sp³-hybridized carbons (Fsp3) is 0.188. The van der Waals surface area contributed by atoms with Gasteiger partial charge in [0.2, 0.25) is 0 Å². The van der Waals surface area contributed by atoms with Gasteiger partial charge in [-0.25, -0.2) is 4.99 Å². The fourth-order valence-electron chi connectivity index (χ4n) is 1.91. The molecule has 0 unspecified atom stereocenters. The maximum Gasteiger partial charge on any atom is 0.0698 e. The maximum absolute atomic E-state index is 12.2. The minimum Gasteiger partial charge on any atom is -0.846 e. The second-order valence-corrected chi connectivity index (χ2v) is 4.53. The maximum atomic E-state index is 12.2.